The Kier molecular flexibility index (Phi) is 3.95. The second kappa shape index (κ2) is 5.48. The Morgan fingerprint density at radius 1 is 1.32 bits per heavy atom. The predicted octanol–water partition coefficient (Wildman–Crippen LogP) is 2.97. The number of hydrogen-bond donors (Lipinski definition) is 1. The highest BCUT2D eigenvalue weighted by molar-refractivity contribution is 7.99. The lowest BCUT2D eigenvalue weighted by Crippen LogP contribution is -2.04. The van der Waals surface area contributed by atoms with Crippen LogP contribution < -0.4 is 0 Å². The molecule has 0 bridgehead atoms. The number of hydrogen-bond acceptors (Lipinski definition) is 3. The van der Waals surface area contributed by atoms with Crippen LogP contribution in [-0.2, 0) is 4.79 Å². The molecule has 0 radical (unpaired) electrons. The molecule has 0 fully saturated rings. The number of benzene rings is 1. The number of carbonyl (C=O) groups is 1. The topological polar surface area (TPSA) is 55.1 Å². The Morgan fingerprint density at radius 3 is 2.53 bits per heavy atom. The molecule has 2 aromatic rings. The zero-order valence-corrected chi connectivity index (χ0v) is 12.0. The maximum Gasteiger partial charge on any atom is 0.313 e. The Labute approximate surface area is 116 Å². The fraction of sp³-hybridized carbons (Fsp3) is 0.286. The molecule has 1 aromatic heterocycles. The van der Waals surface area contributed by atoms with E-state index in [4.69, 9.17) is 5.11 Å². The van der Waals surface area contributed by atoms with E-state index in [1.807, 2.05) is 10.8 Å². The molecule has 0 atom stereocenters. The van der Waals surface area contributed by atoms with E-state index in [0.717, 1.165) is 16.8 Å². The van der Waals surface area contributed by atoms with Gasteiger partial charge in [0, 0.05) is 12.4 Å². The van der Waals surface area contributed by atoms with E-state index in [1.165, 1.54) is 17.3 Å². The maximum absolute atomic E-state index is 10.7. The van der Waals surface area contributed by atoms with Gasteiger partial charge in [0.25, 0.3) is 0 Å². The third-order valence-corrected chi connectivity index (χ3v) is 3.76. The monoisotopic (exact) mass is 276 g/mol. The average molecular weight is 276 g/mol. The van der Waals surface area contributed by atoms with E-state index < -0.39 is 5.97 Å². The number of imidazole rings is 1. The first-order valence-corrected chi connectivity index (χ1v) is 6.93. The SMILES string of the molecule is Cc1cc(C)c(-n2ccnc2SCC(=O)O)c(C)c1. The number of rotatable bonds is 4. The zero-order valence-electron chi connectivity index (χ0n) is 11.2. The number of aliphatic carboxylic acids is 1. The van der Waals surface area contributed by atoms with Crippen LogP contribution in [0.1, 0.15) is 16.7 Å². The molecule has 1 heterocycles. The number of nitrogens with zero attached hydrogens (tertiary/aromatic N) is 2. The molecule has 0 aliphatic rings. The summed E-state index contributed by atoms with van der Waals surface area (Å²) in [5.74, 6) is -0.821. The molecule has 5 heteroatoms. The lowest BCUT2D eigenvalue weighted by molar-refractivity contribution is -0.133. The third-order valence-electron chi connectivity index (χ3n) is 2.81. The van der Waals surface area contributed by atoms with Crippen LogP contribution in [0.2, 0.25) is 0 Å². The van der Waals surface area contributed by atoms with E-state index in [0.29, 0.717) is 5.16 Å². The van der Waals surface area contributed by atoms with Gasteiger partial charge in [-0.3, -0.25) is 9.36 Å². The van der Waals surface area contributed by atoms with Crippen LogP contribution in [0.4, 0.5) is 0 Å². The first-order chi connectivity index (χ1) is 8.99. The van der Waals surface area contributed by atoms with E-state index in [2.05, 4.69) is 37.9 Å². The van der Waals surface area contributed by atoms with Gasteiger partial charge in [0.05, 0.1) is 11.4 Å². The van der Waals surface area contributed by atoms with Gasteiger partial charge in [0.1, 0.15) is 0 Å². The number of carboxylic acid groups (broad SMARTS) is 1. The van der Waals surface area contributed by atoms with Crippen LogP contribution in [0.3, 0.4) is 0 Å². The number of aryl methyl sites for hydroxylation is 3. The van der Waals surface area contributed by atoms with Crippen molar-refractivity contribution >= 4 is 17.7 Å². The molecule has 19 heavy (non-hydrogen) atoms. The molecular weight excluding hydrogens is 260 g/mol. The highest BCUT2D eigenvalue weighted by atomic mass is 32.2. The lowest BCUT2D eigenvalue weighted by Gasteiger charge is -2.14. The molecule has 0 unspecified atom stereocenters. The first-order valence-electron chi connectivity index (χ1n) is 5.95. The van der Waals surface area contributed by atoms with Crippen LogP contribution in [0.5, 0.6) is 0 Å². The Hall–Kier alpha value is -1.75. The van der Waals surface area contributed by atoms with Gasteiger partial charge in [-0.25, -0.2) is 4.98 Å². The minimum atomic E-state index is -0.836. The standard InChI is InChI=1S/C14H16N2O2S/c1-9-6-10(2)13(11(3)7-9)16-5-4-15-14(16)19-8-12(17)18/h4-7H,8H2,1-3H3,(H,17,18). The fourth-order valence-corrected chi connectivity index (χ4v) is 2.92. The predicted molar refractivity (Wildman–Crippen MR) is 76.1 cm³/mol. The summed E-state index contributed by atoms with van der Waals surface area (Å²) < 4.78 is 1.96. The molecule has 0 aliphatic heterocycles. The van der Waals surface area contributed by atoms with Crippen molar-refractivity contribution in [2.45, 2.75) is 25.9 Å². The molecule has 2 rings (SSSR count). The highest BCUT2D eigenvalue weighted by Crippen LogP contribution is 2.26. The van der Waals surface area contributed by atoms with Crippen molar-refractivity contribution in [3.8, 4) is 5.69 Å². The van der Waals surface area contributed by atoms with Crippen molar-refractivity contribution in [2.75, 3.05) is 5.75 Å². The van der Waals surface area contributed by atoms with Crippen LogP contribution in [0, 0.1) is 20.8 Å². The number of thioether (sulfide) groups is 1. The van der Waals surface area contributed by atoms with Crippen molar-refractivity contribution in [2.24, 2.45) is 0 Å². The Bertz CT molecular complexity index is 597. The molecule has 0 spiro atoms. The Balaban J connectivity index is 2.43. The van der Waals surface area contributed by atoms with Gasteiger partial charge in [-0.2, -0.15) is 0 Å². The summed E-state index contributed by atoms with van der Waals surface area (Å²) in [4.78, 5) is 14.9. The number of aromatic nitrogens is 2. The molecular formula is C14H16N2O2S. The normalized spacial score (nSPS) is 10.7. The highest BCUT2D eigenvalue weighted by Gasteiger charge is 2.12. The minimum Gasteiger partial charge on any atom is -0.481 e. The summed E-state index contributed by atoms with van der Waals surface area (Å²) >= 11 is 1.23. The molecule has 0 amide bonds. The molecule has 0 saturated carbocycles. The van der Waals surface area contributed by atoms with E-state index in [1.54, 1.807) is 6.20 Å². The van der Waals surface area contributed by atoms with Gasteiger partial charge in [-0.1, -0.05) is 29.5 Å². The summed E-state index contributed by atoms with van der Waals surface area (Å²) in [6, 6.07) is 4.24. The van der Waals surface area contributed by atoms with Crippen LogP contribution in [-0.4, -0.2) is 26.4 Å². The smallest absolute Gasteiger partial charge is 0.313 e. The summed E-state index contributed by atoms with van der Waals surface area (Å²) in [7, 11) is 0. The summed E-state index contributed by atoms with van der Waals surface area (Å²) in [6.07, 6.45) is 3.57. The minimum absolute atomic E-state index is 0.0149. The molecule has 0 aliphatic carbocycles. The lowest BCUT2D eigenvalue weighted by atomic mass is 10.1. The van der Waals surface area contributed by atoms with Gasteiger partial charge >= 0.3 is 5.97 Å². The van der Waals surface area contributed by atoms with Crippen molar-refractivity contribution in [3.63, 3.8) is 0 Å². The van der Waals surface area contributed by atoms with Gasteiger partial charge in [0.2, 0.25) is 0 Å². The first kappa shape index (κ1) is 13.7. The summed E-state index contributed by atoms with van der Waals surface area (Å²) in [5.41, 5.74) is 4.62. The second-order valence-corrected chi connectivity index (χ2v) is 5.45. The number of carboxylic acids is 1. The molecule has 100 valence electrons. The fourth-order valence-electron chi connectivity index (χ4n) is 2.25. The van der Waals surface area contributed by atoms with Crippen molar-refractivity contribution in [1.29, 1.82) is 0 Å². The quantitative estimate of drug-likeness (QED) is 0.872. The van der Waals surface area contributed by atoms with Crippen LogP contribution >= 0.6 is 11.8 Å². The Morgan fingerprint density at radius 2 is 1.95 bits per heavy atom. The van der Waals surface area contributed by atoms with Crippen molar-refractivity contribution in [1.82, 2.24) is 9.55 Å². The van der Waals surface area contributed by atoms with Gasteiger partial charge in [-0.15, -0.1) is 0 Å². The van der Waals surface area contributed by atoms with Gasteiger partial charge in [-0.05, 0) is 31.9 Å². The molecule has 1 N–H and O–H groups in total. The van der Waals surface area contributed by atoms with Crippen LogP contribution in [0.15, 0.2) is 29.7 Å². The second-order valence-electron chi connectivity index (χ2n) is 4.51. The van der Waals surface area contributed by atoms with E-state index >= 15 is 0 Å². The summed E-state index contributed by atoms with van der Waals surface area (Å²) in [5, 5.41) is 9.47. The van der Waals surface area contributed by atoms with Crippen molar-refractivity contribution in [3.05, 3.63) is 41.2 Å². The third kappa shape index (κ3) is 2.98. The average Bonchev–Trinajstić information content (AvgIpc) is 2.73. The van der Waals surface area contributed by atoms with Gasteiger partial charge in [0.15, 0.2) is 5.16 Å². The largest absolute Gasteiger partial charge is 0.481 e. The van der Waals surface area contributed by atoms with E-state index in [-0.39, 0.29) is 5.75 Å². The molecule has 4 nitrogen and oxygen atoms in total. The van der Waals surface area contributed by atoms with Crippen molar-refractivity contribution < 1.29 is 9.90 Å². The van der Waals surface area contributed by atoms with Gasteiger partial charge < -0.3 is 5.11 Å². The van der Waals surface area contributed by atoms with E-state index in [9.17, 15) is 4.79 Å². The zero-order chi connectivity index (χ0) is 14.0. The molecule has 1 aromatic carbocycles. The van der Waals surface area contributed by atoms with Crippen LogP contribution in [0.25, 0.3) is 5.69 Å². The molecule has 0 saturated heterocycles. The maximum atomic E-state index is 10.7. The summed E-state index contributed by atoms with van der Waals surface area (Å²) in [6.45, 7) is 6.18.